The van der Waals surface area contributed by atoms with Crippen molar-refractivity contribution in [3.63, 3.8) is 0 Å². The van der Waals surface area contributed by atoms with Gasteiger partial charge in [-0.3, -0.25) is 4.79 Å². The van der Waals surface area contributed by atoms with Crippen LogP contribution in [0.2, 0.25) is 0 Å². The number of carbonyl (C=O) groups excluding carboxylic acids is 1. The Morgan fingerprint density at radius 3 is 2.52 bits per heavy atom. The second kappa shape index (κ2) is 8.73. The van der Waals surface area contributed by atoms with Crippen LogP contribution in [0.4, 0.5) is 0 Å². The van der Waals surface area contributed by atoms with Crippen molar-refractivity contribution in [3.8, 4) is 0 Å². The molecule has 6 heteroatoms. The number of halogens is 2. The third-order valence-corrected chi connectivity index (χ3v) is 4.36. The lowest BCUT2D eigenvalue weighted by Crippen LogP contribution is -2.54. The van der Waals surface area contributed by atoms with Crippen LogP contribution < -0.4 is 10.6 Å². The van der Waals surface area contributed by atoms with Crippen molar-refractivity contribution >= 4 is 34.2 Å². The number of hydrogen-bond acceptors (Lipinski definition) is 3. The van der Waals surface area contributed by atoms with Gasteiger partial charge in [-0.2, -0.15) is 0 Å². The molecule has 1 amide bonds. The number of amides is 1. The van der Waals surface area contributed by atoms with E-state index < -0.39 is 5.60 Å². The number of benzene rings is 1. The molecule has 0 saturated carbocycles. The van der Waals surface area contributed by atoms with Gasteiger partial charge in [0.2, 0.25) is 0 Å². The largest absolute Gasteiger partial charge is 0.368 e. The zero-order chi connectivity index (χ0) is 14.4. The summed E-state index contributed by atoms with van der Waals surface area (Å²) in [6.07, 6.45) is 2.29. The van der Waals surface area contributed by atoms with E-state index in [1.54, 1.807) is 7.11 Å². The highest BCUT2D eigenvalue weighted by Gasteiger charge is 2.39. The van der Waals surface area contributed by atoms with E-state index in [2.05, 4.69) is 38.7 Å². The molecule has 1 aliphatic heterocycles. The highest BCUT2D eigenvalue weighted by Crippen LogP contribution is 2.22. The molecular formula is C15H22BrClN2O2. The Bertz CT molecular complexity index is 447. The lowest BCUT2D eigenvalue weighted by molar-refractivity contribution is -0.146. The van der Waals surface area contributed by atoms with Crippen LogP contribution in [0, 0.1) is 0 Å². The summed E-state index contributed by atoms with van der Waals surface area (Å²) < 4.78 is 6.57. The summed E-state index contributed by atoms with van der Waals surface area (Å²) in [6, 6.07) is 8.15. The molecule has 1 aromatic carbocycles. The lowest BCUT2D eigenvalue weighted by Gasteiger charge is -2.34. The van der Waals surface area contributed by atoms with Gasteiger partial charge in [0, 0.05) is 18.1 Å². The maximum Gasteiger partial charge on any atom is 0.252 e. The molecule has 0 radical (unpaired) electrons. The maximum absolute atomic E-state index is 12.3. The van der Waals surface area contributed by atoms with Gasteiger partial charge in [-0.1, -0.05) is 28.1 Å². The number of rotatable bonds is 5. The number of hydrogen-bond donors (Lipinski definition) is 2. The molecule has 2 N–H and O–H groups in total. The van der Waals surface area contributed by atoms with Gasteiger partial charge in [0.05, 0.1) is 0 Å². The van der Waals surface area contributed by atoms with Crippen molar-refractivity contribution in [1.29, 1.82) is 0 Å². The first kappa shape index (κ1) is 18.4. The van der Waals surface area contributed by atoms with Gasteiger partial charge in [-0.25, -0.2) is 0 Å². The molecule has 1 aliphatic rings. The van der Waals surface area contributed by atoms with Crippen molar-refractivity contribution in [2.24, 2.45) is 0 Å². The molecule has 1 aromatic rings. The van der Waals surface area contributed by atoms with Gasteiger partial charge < -0.3 is 15.4 Å². The van der Waals surface area contributed by atoms with E-state index in [1.807, 2.05) is 12.1 Å². The molecule has 0 bridgehead atoms. The van der Waals surface area contributed by atoms with Crippen molar-refractivity contribution in [2.75, 3.05) is 26.7 Å². The summed E-state index contributed by atoms with van der Waals surface area (Å²) in [5.74, 6) is 0.0126. The first-order chi connectivity index (χ1) is 9.66. The molecule has 1 heterocycles. The topological polar surface area (TPSA) is 50.4 Å². The third kappa shape index (κ3) is 4.95. The van der Waals surface area contributed by atoms with Crippen LogP contribution in [0.15, 0.2) is 28.7 Å². The molecule has 0 aromatic heterocycles. The Morgan fingerprint density at radius 2 is 1.95 bits per heavy atom. The average Bonchev–Trinajstić information content (AvgIpc) is 2.50. The van der Waals surface area contributed by atoms with Crippen LogP contribution in [0.25, 0.3) is 0 Å². The van der Waals surface area contributed by atoms with Gasteiger partial charge in [0.25, 0.3) is 5.91 Å². The molecule has 1 fully saturated rings. The highest BCUT2D eigenvalue weighted by atomic mass is 79.9. The molecule has 2 rings (SSSR count). The van der Waals surface area contributed by atoms with E-state index in [1.165, 1.54) is 5.56 Å². The van der Waals surface area contributed by atoms with Gasteiger partial charge >= 0.3 is 0 Å². The third-order valence-electron chi connectivity index (χ3n) is 3.83. The Kier molecular flexibility index (Phi) is 7.66. The number of methoxy groups -OCH3 is 1. The maximum atomic E-state index is 12.3. The first-order valence-electron chi connectivity index (χ1n) is 6.95. The van der Waals surface area contributed by atoms with E-state index in [4.69, 9.17) is 4.74 Å². The number of nitrogens with one attached hydrogen (secondary N) is 2. The average molecular weight is 378 g/mol. The number of carbonyl (C=O) groups is 1. The van der Waals surface area contributed by atoms with Crippen LogP contribution in [0.1, 0.15) is 18.4 Å². The summed E-state index contributed by atoms with van der Waals surface area (Å²) in [4.78, 5) is 12.3. The van der Waals surface area contributed by atoms with Crippen LogP contribution in [-0.2, 0) is 16.0 Å². The molecular weight excluding hydrogens is 356 g/mol. The summed E-state index contributed by atoms with van der Waals surface area (Å²) in [5, 5.41) is 6.26. The molecule has 0 spiro atoms. The van der Waals surface area contributed by atoms with Crippen LogP contribution in [-0.4, -0.2) is 38.3 Å². The van der Waals surface area contributed by atoms with Gasteiger partial charge in [0.15, 0.2) is 0 Å². The highest BCUT2D eigenvalue weighted by molar-refractivity contribution is 9.10. The molecule has 118 valence electrons. The Labute approximate surface area is 140 Å². The predicted octanol–water partition coefficient (Wildman–Crippen LogP) is 2.30. The zero-order valence-corrected chi connectivity index (χ0v) is 14.6. The first-order valence-corrected chi connectivity index (χ1v) is 7.74. The van der Waals surface area contributed by atoms with Gasteiger partial charge in [-0.15, -0.1) is 12.4 Å². The normalized spacial score (nSPS) is 16.9. The Morgan fingerprint density at radius 1 is 1.33 bits per heavy atom. The smallest absolute Gasteiger partial charge is 0.252 e. The van der Waals surface area contributed by atoms with Crippen LogP contribution in [0.5, 0.6) is 0 Å². The molecule has 0 aliphatic carbocycles. The summed E-state index contributed by atoms with van der Waals surface area (Å²) in [6.45, 7) is 2.29. The zero-order valence-electron chi connectivity index (χ0n) is 12.2. The van der Waals surface area contributed by atoms with Crippen molar-refractivity contribution < 1.29 is 9.53 Å². The second-order valence-electron chi connectivity index (χ2n) is 5.08. The lowest BCUT2D eigenvalue weighted by atomic mass is 9.91. The minimum atomic E-state index is -0.648. The summed E-state index contributed by atoms with van der Waals surface area (Å²) in [5.41, 5.74) is 0.565. The Hall–Kier alpha value is -0.620. The Balaban J connectivity index is 0.00000220. The van der Waals surface area contributed by atoms with E-state index in [0.717, 1.165) is 36.8 Å². The monoisotopic (exact) mass is 376 g/mol. The molecule has 4 nitrogen and oxygen atoms in total. The molecule has 21 heavy (non-hydrogen) atoms. The van der Waals surface area contributed by atoms with Crippen LogP contribution in [0.3, 0.4) is 0 Å². The van der Waals surface area contributed by atoms with E-state index in [0.29, 0.717) is 6.54 Å². The second-order valence-corrected chi connectivity index (χ2v) is 6.00. The predicted molar refractivity (Wildman–Crippen MR) is 89.9 cm³/mol. The van der Waals surface area contributed by atoms with Crippen molar-refractivity contribution in [1.82, 2.24) is 10.6 Å². The number of piperidine rings is 1. The van der Waals surface area contributed by atoms with Crippen molar-refractivity contribution in [3.05, 3.63) is 34.3 Å². The van der Waals surface area contributed by atoms with Crippen molar-refractivity contribution in [2.45, 2.75) is 24.9 Å². The quantitative estimate of drug-likeness (QED) is 0.828. The fourth-order valence-corrected chi connectivity index (χ4v) is 2.75. The fourth-order valence-electron chi connectivity index (χ4n) is 2.49. The summed E-state index contributed by atoms with van der Waals surface area (Å²) >= 11 is 3.41. The van der Waals surface area contributed by atoms with Gasteiger partial charge in [-0.05, 0) is 50.0 Å². The molecule has 0 atom stereocenters. The van der Waals surface area contributed by atoms with E-state index in [9.17, 15) is 4.79 Å². The van der Waals surface area contributed by atoms with E-state index >= 15 is 0 Å². The van der Waals surface area contributed by atoms with Crippen LogP contribution >= 0.6 is 28.3 Å². The fraction of sp³-hybridized carbons (Fsp3) is 0.533. The molecule has 1 saturated heterocycles. The minimum Gasteiger partial charge on any atom is -0.368 e. The van der Waals surface area contributed by atoms with Gasteiger partial charge in [0.1, 0.15) is 5.60 Å². The SMILES string of the molecule is COC1(C(=O)NCCc2ccc(Br)cc2)CCNCC1.Cl. The standard InChI is InChI=1S/C15H21BrN2O2.ClH/c1-20-15(7-10-17-11-8-15)14(19)18-9-6-12-2-4-13(16)5-3-12;/h2-5,17H,6-11H2,1H3,(H,18,19);1H. The molecule has 0 unspecified atom stereocenters. The summed E-state index contributed by atoms with van der Waals surface area (Å²) in [7, 11) is 1.62. The number of ether oxygens (including phenoxy) is 1. The van der Waals surface area contributed by atoms with E-state index in [-0.39, 0.29) is 18.3 Å². The minimum absolute atomic E-state index is 0.